The lowest BCUT2D eigenvalue weighted by Crippen LogP contribution is -2.29. The molecule has 1 unspecified atom stereocenters. The second-order valence-electron chi connectivity index (χ2n) is 3.18. The molecule has 10 heavy (non-hydrogen) atoms. The zero-order valence-electron chi connectivity index (χ0n) is 7.15. The van der Waals surface area contributed by atoms with Gasteiger partial charge in [0, 0.05) is 11.9 Å². The number of nitrogens with one attached hydrogen (secondary N) is 1. The van der Waals surface area contributed by atoms with Crippen LogP contribution >= 0.6 is 11.6 Å². The summed E-state index contributed by atoms with van der Waals surface area (Å²) in [6, 6.07) is 0.569. The van der Waals surface area contributed by atoms with Gasteiger partial charge < -0.3 is 5.32 Å². The van der Waals surface area contributed by atoms with Crippen LogP contribution in [-0.4, -0.2) is 18.5 Å². The first kappa shape index (κ1) is 10.2. The molecule has 0 aliphatic heterocycles. The van der Waals surface area contributed by atoms with Crippen LogP contribution in [0.1, 0.15) is 27.2 Å². The average molecular weight is 164 g/mol. The molecular formula is C8H18ClN. The van der Waals surface area contributed by atoms with E-state index in [-0.39, 0.29) is 0 Å². The lowest BCUT2D eigenvalue weighted by atomic mass is 10.2. The Morgan fingerprint density at radius 3 is 2.30 bits per heavy atom. The van der Waals surface area contributed by atoms with E-state index in [2.05, 4.69) is 26.1 Å². The standard InChI is InChI=1S/C8H18ClN/c1-7(2)6-10-8(3)4-5-9/h7-8,10H,4-6H2,1-3H3. The first-order chi connectivity index (χ1) is 4.66. The van der Waals surface area contributed by atoms with Gasteiger partial charge in [-0.1, -0.05) is 13.8 Å². The third-order valence-electron chi connectivity index (χ3n) is 1.42. The van der Waals surface area contributed by atoms with E-state index >= 15 is 0 Å². The molecule has 0 fully saturated rings. The average Bonchev–Trinajstić information content (AvgIpc) is 1.85. The molecule has 1 nitrogen and oxygen atoms in total. The molecular weight excluding hydrogens is 146 g/mol. The first-order valence-corrected chi connectivity index (χ1v) is 4.49. The molecule has 0 aliphatic rings. The molecule has 0 spiro atoms. The molecule has 0 aliphatic carbocycles. The van der Waals surface area contributed by atoms with Gasteiger partial charge in [-0.2, -0.15) is 0 Å². The van der Waals surface area contributed by atoms with Crippen LogP contribution in [0.15, 0.2) is 0 Å². The molecule has 1 N–H and O–H groups in total. The predicted octanol–water partition coefficient (Wildman–Crippen LogP) is 2.25. The van der Waals surface area contributed by atoms with Crippen molar-refractivity contribution < 1.29 is 0 Å². The first-order valence-electron chi connectivity index (χ1n) is 3.96. The molecule has 0 aromatic carbocycles. The van der Waals surface area contributed by atoms with Gasteiger partial charge in [0.05, 0.1) is 0 Å². The summed E-state index contributed by atoms with van der Waals surface area (Å²) in [6.07, 6.45) is 1.06. The van der Waals surface area contributed by atoms with Gasteiger partial charge in [0.2, 0.25) is 0 Å². The van der Waals surface area contributed by atoms with Crippen LogP contribution in [0.5, 0.6) is 0 Å². The largest absolute Gasteiger partial charge is 0.314 e. The van der Waals surface area contributed by atoms with Gasteiger partial charge in [0.25, 0.3) is 0 Å². The molecule has 0 bridgehead atoms. The molecule has 62 valence electrons. The van der Waals surface area contributed by atoms with E-state index in [0.29, 0.717) is 6.04 Å². The van der Waals surface area contributed by atoms with E-state index in [0.717, 1.165) is 24.8 Å². The van der Waals surface area contributed by atoms with E-state index in [9.17, 15) is 0 Å². The molecule has 0 saturated heterocycles. The predicted molar refractivity (Wildman–Crippen MR) is 47.6 cm³/mol. The van der Waals surface area contributed by atoms with Crippen LogP contribution in [0.3, 0.4) is 0 Å². The zero-order valence-corrected chi connectivity index (χ0v) is 7.91. The van der Waals surface area contributed by atoms with Crippen molar-refractivity contribution in [2.24, 2.45) is 5.92 Å². The smallest absolute Gasteiger partial charge is 0.0238 e. The highest BCUT2D eigenvalue weighted by Crippen LogP contribution is 1.95. The Bertz CT molecular complexity index is 73.7. The fraction of sp³-hybridized carbons (Fsp3) is 1.00. The molecule has 2 heteroatoms. The minimum absolute atomic E-state index is 0.569. The molecule has 0 radical (unpaired) electrons. The molecule has 0 rings (SSSR count). The second-order valence-corrected chi connectivity index (χ2v) is 3.56. The molecule has 0 aromatic heterocycles. The van der Waals surface area contributed by atoms with E-state index in [4.69, 9.17) is 11.6 Å². The second kappa shape index (κ2) is 5.99. The van der Waals surface area contributed by atoms with E-state index in [1.807, 2.05) is 0 Å². The van der Waals surface area contributed by atoms with Crippen molar-refractivity contribution in [3.8, 4) is 0 Å². The number of hydrogen-bond donors (Lipinski definition) is 1. The van der Waals surface area contributed by atoms with Crippen LogP contribution in [-0.2, 0) is 0 Å². The van der Waals surface area contributed by atoms with Crippen molar-refractivity contribution in [2.45, 2.75) is 33.2 Å². The highest BCUT2D eigenvalue weighted by molar-refractivity contribution is 6.17. The fourth-order valence-corrected chi connectivity index (χ4v) is 1.03. The van der Waals surface area contributed by atoms with Crippen LogP contribution in [0.2, 0.25) is 0 Å². The molecule has 1 atom stereocenters. The number of alkyl halides is 1. The summed E-state index contributed by atoms with van der Waals surface area (Å²) in [5, 5.41) is 3.40. The number of halogens is 1. The minimum atomic E-state index is 0.569. The van der Waals surface area contributed by atoms with Gasteiger partial charge >= 0.3 is 0 Å². The highest BCUT2D eigenvalue weighted by Gasteiger charge is 1.99. The van der Waals surface area contributed by atoms with Gasteiger partial charge in [0.1, 0.15) is 0 Å². The Kier molecular flexibility index (Phi) is 6.14. The van der Waals surface area contributed by atoms with E-state index in [1.165, 1.54) is 0 Å². The van der Waals surface area contributed by atoms with Gasteiger partial charge in [-0.25, -0.2) is 0 Å². The summed E-state index contributed by atoms with van der Waals surface area (Å²) in [6.45, 7) is 7.68. The number of rotatable bonds is 5. The summed E-state index contributed by atoms with van der Waals surface area (Å²) in [4.78, 5) is 0. The van der Waals surface area contributed by atoms with Crippen LogP contribution in [0.25, 0.3) is 0 Å². The van der Waals surface area contributed by atoms with Crippen molar-refractivity contribution in [3.05, 3.63) is 0 Å². The van der Waals surface area contributed by atoms with Crippen molar-refractivity contribution in [2.75, 3.05) is 12.4 Å². The van der Waals surface area contributed by atoms with E-state index < -0.39 is 0 Å². The highest BCUT2D eigenvalue weighted by atomic mass is 35.5. The Hall–Kier alpha value is 0.250. The minimum Gasteiger partial charge on any atom is -0.314 e. The zero-order chi connectivity index (χ0) is 7.98. The quantitative estimate of drug-likeness (QED) is 0.614. The summed E-state index contributed by atoms with van der Waals surface area (Å²) in [5.41, 5.74) is 0. The van der Waals surface area contributed by atoms with Crippen molar-refractivity contribution >= 4 is 11.6 Å². The third-order valence-corrected chi connectivity index (χ3v) is 1.63. The lowest BCUT2D eigenvalue weighted by Gasteiger charge is -2.13. The van der Waals surface area contributed by atoms with Crippen molar-refractivity contribution in [1.29, 1.82) is 0 Å². The Balaban J connectivity index is 3.12. The third kappa shape index (κ3) is 6.37. The van der Waals surface area contributed by atoms with Gasteiger partial charge in [0.15, 0.2) is 0 Å². The van der Waals surface area contributed by atoms with E-state index in [1.54, 1.807) is 0 Å². The summed E-state index contributed by atoms with van der Waals surface area (Å²) in [5.74, 6) is 1.49. The Morgan fingerprint density at radius 2 is 1.90 bits per heavy atom. The summed E-state index contributed by atoms with van der Waals surface area (Å²) >= 11 is 5.57. The maximum absolute atomic E-state index is 5.57. The lowest BCUT2D eigenvalue weighted by molar-refractivity contribution is 0.477. The molecule has 0 amide bonds. The summed E-state index contributed by atoms with van der Waals surface area (Å²) < 4.78 is 0. The maximum Gasteiger partial charge on any atom is 0.0238 e. The maximum atomic E-state index is 5.57. The molecule has 0 saturated carbocycles. The van der Waals surface area contributed by atoms with Gasteiger partial charge in [-0.05, 0) is 25.8 Å². The molecule has 0 aromatic rings. The van der Waals surface area contributed by atoms with Gasteiger partial charge in [-0.15, -0.1) is 11.6 Å². The van der Waals surface area contributed by atoms with Crippen molar-refractivity contribution in [1.82, 2.24) is 5.32 Å². The van der Waals surface area contributed by atoms with Gasteiger partial charge in [-0.3, -0.25) is 0 Å². The topological polar surface area (TPSA) is 12.0 Å². The SMILES string of the molecule is CC(C)CNC(C)CCCl. The normalized spacial score (nSPS) is 14.1. The van der Waals surface area contributed by atoms with Crippen LogP contribution in [0.4, 0.5) is 0 Å². The van der Waals surface area contributed by atoms with Crippen LogP contribution in [0, 0.1) is 5.92 Å². The monoisotopic (exact) mass is 163 g/mol. The number of hydrogen-bond acceptors (Lipinski definition) is 1. The Labute approximate surface area is 69.1 Å². The molecule has 0 heterocycles. The Morgan fingerprint density at radius 1 is 1.30 bits per heavy atom. The van der Waals surface area contributed by atoms with Crippen molar-refractivity contribution in [3.63, 3.8) is 0 Å². The fourth-order valence-electron chi connectivity index (χ4n) is 0.703. The van der Waals surface area contributed by atoms with Crippen LogP contribution < -0.4 is 5.32 Å². The summed E-state index contributed by atoms with van der Waals surface area (Å²) in [7, 11) is 0.